The number of alkyl halides is 1. The molecule has 0 unspecified atom stereocenters. The molecule has 0 saturated carbocycles. The Balaban J connectivity index is 4.21. The van der Waals surface area contributed by atoms with Gasteiger partial charge in [-0.15, -0.1) is 11.6 Å². The molecule has 0 saturated heterocycles. The highest BCUT2D eigenvalue weighted by Crippen LogP contribution is 2.08. The minimum atomic E-state index is -1.29. The maximum absolute atomic E-state index is 11.2. The Hall–Kier alpha value is -1.83. The van der Waals surface area contributed by atoms with Crippen LogP contribution in [0.5, 0.6) is 0 Å². The third kappa shape index (κ3) is 5.00. The summed E-state index contributed by atoms with van der Waals surface area (Å²) in [6.45, 7) is 2.74. The Morgan fingerprint density at radius 1 is 1.56 bits per heavy atom. The summed E-state index contributed by atoms with van der Waals surface area (Å²) in [6, 6.07) is 0. The molecule has 0 radical (unpaired) electrons. The number of carbonyl (C=O) groups is 2. The Morgan fingerprint density at radius 2 is 2.11 bits per heavy atom. The zero-order valence-corrected chi connectivity index (χ0v) is 10.9. The van der Waals surface area contributed by atoms with Crippen LogP contribution in [-0.4, -0.2) is 40.3 Å². The monoisotopic (exact) mass is 279 g/mol. The predicted octanol–water partition coefficient (Wildman–Crippen LogP) is 0.894. The SMILES string of the molecule is CN(C(=O)CCl)C(=O)ONC=CC(C)(C)[N+](=O)[O-]. The molecule has 0 aliphatic rings. The molecule has 0 bridgehead atoms. The number of halogens is 1. The average molecular weight is 280 g/mol. The van der Waals surface area contributed by atoms with Gasteiger partial charge in [-0.2, -0.15) is 0 Å². The second-order valence-electron chi connectivity index (χ2n) is 3.82. The third-order valence-electron chi connectivity index (χ3n) is 1.94. The molecule has 18 heavy (non-hydrogen) atoms. The lowest BCUT2D eigenvalue weighted by molar-refractivity contribution is -0.545. The van der Waals surface area contributed by atoms with Crippen LogP contribution < -0.4 is 5.48 Å². The first-order chi connectivity index (χ1) is 8.22. The maximum atomic E-state index is 11.2. The first-order valence-electron chi connectivity index (χ1n) is 4.83. The molecule has 0 aromatic heterocycles. The molecule has 0 atom stereocenters. The van der Waals surface area contributed by atoms with Crippen molar-refractivity contribution in [2.24, 2.45) is 0 Å². The zero-order valence-electron chi connectivity index (χ0n) is 10.2. The van der Waals surface area contributed by atoms with Crippen molar-refractivity contribution in [1.29, 1.82) is 0 Å². The number of nitro groups is 1. The molecule has 0 heterocycles. The fourth-order valence-corrected chi connectivity index (χ4v) is 0.822. The standard InChI is InChI=1S/C9H14ClN3O5/c1-9(2,13(16)17)4-5-11-18-8(15)12(3)7(14)6-10/h4-5,11H,6H2,1-3H3. The summed E-state index contributed by atoms with van der Waals surface area (Å²) in [7, 11) is 1.19. The van der Waals surface area contributed by atoms with Crippen LogP contribution >= 0.6 is 11.6 Å². The third-order valence-corrected chi connectivity index (χ3v) is 2.17. The van der Waals surface area contributed by atoms with Crippen LogP contribution in [0.1, 0.15) is 13.8 Å². The first-order valence-corrected chi connectivity index (χ1v) is 5.37. The molecular weight excluding hydrogens is 266 g/mol. The summed E-state index contributed by atoms with van der Waals surface area (Å²) in [5.74, 6) is -0.978. The van der Waals surface area contributed by atoms with E-state index in [2.05, 4.69) is 10.3 Å². The molecule has 0 aromatic carbocycles. The van der Waals surface area contributed by atoms with Gasteiger partial charge in [0.2, 0.25) is 11.4 Å². The molecule has 8 nitrogen and oxygen atoms in total. The minimum Gasteiger partial charge on any atom is -0.324 e. The highest BCUT2D eigenvalue weighted by Gasteiger charge is 2.26. The molecular formula is C9H14ClN3O5. The lowest BCUT2D eigenvalue weighted by Gasteiger charge is -2.13. The number of hydrogen-bond donors (Lipinski definition) is 1. The van der Waals surface area contributed by atoms with Crippen LogP contribution in [0, 0.1) is 10.1 Å². The van der Waals surface area contributed by atoms with Gasteiger partial charge < -0.3 is 4.84 Å². The Kier molecular flexibility index (Phi) is 6.11. The van der Waals surface area contributed by atoms with Crippen molar-refractivity contribution in [2.45, 2.75) is 19.4 Å². The summed E-state index contributed by atoms with van der Waals surface area (Å²) >= 11 is 5.24. The van der Waals surface area contributed by atoms with Gasteiger partial charge in [0, 0.05) is 38.1 Å². The van der Waals surface area contributed by atoms with E-state index in [1.165, 1.54) is 27.0 Å². The van der Waals surface area contributed by atoms with E-state index in [1.54, 1.807) is 0 Å². The number of amides is 2. The van der Waals surface area contributed by atoms with E-state index in [9.17, 15) is 19.7 Å². The van der Waals surface area contributed by atoms with Crippen LogP contribution in [0.15, 0.2) is 12.3 Å². The highest BCUT2D eigenvalue weighted by atomic mass is 35.5. The smallest absolute Gasteiger partial charge is 0.324 e. The van der Waals surface area contributed by atoms with Gasteiger partial charge in [0.05, 0.1) is 0 Å². The van der Waals surface area contributed by atoms with Gasteiger partial charge in [0.1, 0.15) is 5.88 Å². The lowest BCUT2D eigenvalue weighted by Crippen LogP contribution is -2.36. The summed E-state index contributed by atoms with van der Waals surface area (Å²) < 4.78 is 0. The molecule has 1 N–H and O–H groups in total. The normalized spacial score (nSPS) is 11.1. The fourth-order valence-electron chi connectivity index (χ4n) is 0.643. The molecule has 0 fully saturated rings. The van der Waals surface area contributed by atoms with Crippen LogP contribution in [0.4, 0.5) is 4.79 Å². The van der Waals surface area contributed by atoms with Crippen molar-refractivity contribution in [1.82, 2.24) is 10.4 Å². The second kappa shape index (κ2) is 6.80. The second-order valence-corrected chi connectivity index (χ2v) is 4.08. The van der Waals surface area contributed by atoms with Crippen LogP contribution in [0.2, 0.25) is 0 Å². The van der Waals surface area contributed by atoms with Gasteiger partial charge in [-0.3, -0.25) is 14.9 Å². The van der Waals surface area contributed by atoms with E-state index in [-0.39, 0.29) is 5.88 Å². The van der Waals surface area contributed by atoms with Gasteiger partial charge in [0.15, 0.2) is 0 Å². The number of imide groups is 1. The predicted molar refractivity (Wildman–Crippen MR) is 63.3 cm³/mol. The molecule has 102 valence electrons. The maximum Gasteiger partial charge on any atom is 0.440 e. The average Bonchev–Trinajstić information content (AvgIpc) is 2.32. The van der Waals surface area contributed by atoms with Crippen molar-refractivity contribution < 1.29 is 19.3 Å². The van der Waals surface area contributed by atoms with Crippen molar-refractivity contribution in [3.05, 3.63) is 22.4 Å². The number of hydrogen-bond acceptors (Lipinski definition) is 6. The van der Waals surface area contributed by atoms with Crippen molar-refractivity contribution in [2.75, 3.05) is 12.9 Å². The van der Waals surface area contributed by atoms with E-state index in [1.807, 2.05) is 0 Å². The van der Waals surface area contributed by atoms with Crippen LogP contribution in [-0.2, 0) is 9.63 Å². The van der Waals surface area contributed by atoms with E-state index in [0.29, 0.717) is 4.90 Å². The molecule has 0 rings (SSSR count). The van der Waals surface area contributed by atoms with Gasteiger partial charge in [-0.05, 0) is 0 Å². The number of rotatable bonds is 5. The molecule has 2 amide bonds. The van der Waals surface area contributed by atoms with Crippen molar-refractivity contribution >= 4 is 23.6 Å². The number of nitrogens with zero attached hydrogens (tertiary/aromatic N) is 2. The van der Waals surface area contributed by atoms with E-state index < -0.39 is 22.5 Å². The van der Waals surface area contributed by atoms with E-state index >= 15 is 0 Å². The summed E-state index contributed by atoms with van der Waals surface area (Å²) in [4.78, 5) is 37.3. The minimum absolute atomic E-state index is 0.351. The van der Waals surface area contributed by atoms with Gasteiger partial charge in [-0.25, -0.2) is 15.2 Å². The summed E-state index contributed by atoms with van der Waals surface area (Å²) in [5, 5.41) is 10.5. The van der Waals surface area contributed by atoms with Gasteiger partial charge in [0.25, 0.3) is 0 Å². The molecule has 0 spiro atoms. The molecule has 0 aliphatic heterocycles. The summed E-state index contributed by atoms with van der Waals surface area (Å²) in [5.41, 5.74) is 0.790. The van der Waals surface area contributed by atoms with Crippen LogP contribution in [0.25, 0.3) is 0 Å². The highest BCUT2D eigenvalue weighted by molar-refractivity contribution is 6.28. The fraction of sp³-hybridized carbons (Fsp3) is 0.556. The number of nitrogens with one attached hydrogen (secondary N) is 1. The quantitative estimate of drug-likeness (QED) is 0.456. The topological polar surface area (TPSA) is 102 Å². The molecule has 9 heteroatoms. The first kappa shape index (κ1) is 16.2. The van der Waals surface area contributed by atoms with E-state index in [4.69, 9.17) is 11.6 Å². The van der Waals surface area contributed by atoms with Crippen molar-refractivity contribution in [3.63, 3.8) is 0 Å². The van der Waals surface area contributed by atoms with Gasteiger partial charge in [-0.1, -0.05) is 0 Å². The lowest BCUT2D eigenvalue weighted by atomic mass is 10.1. The Labute approximate surface area is 109 Å². The number of hydroxylamine groups is 1. The molecule has 0 aliphatic carbocycles. The Morgan fingerprint density at radius 3 is 2.56 bits per heavy atom. The van der Waals surface area contributed by atoms with Gasteiger partial charge >= 0.3 is 6.09 Å². The Bertz CT molecular complexity index is 369. The van der Waals surface area contributed by atoms with Crippen LogP contribution in [0.3, 0.4) is 0 Å². The van der Waals surface area contributed by atoms with Crippen molar-refractivity contribution in [3.8, 4) is 0 Å². The summed E-state index contributed by atoms with van der Waals surface area (Å²) in [6.07, 6.45) is 1.33. The molecule has 0 aromatic rings. The largest absolute Gasteiger partial charge is 0.440 e. The zero-order chi connectivity index (χ0) is 14.3. The van der Waals surface area contributed by atoms with E-state index in [0.717, 1.165) is 6.20 Å². The number of carbonyl (C=O) groups excluding carboxylic acids is 2.